The van der Waals surface area contributed by atoms with Gasteiger partial charge in [0.15, 0.2) is 14.1 Å². The largest absolute Gasteiger partial charge is 0.414 e. The topological polar surface area (TPSA) is 47.9 Å². The van der Waals surface area contributed by atoms with Gasteiger partial charge < -0.3 is 19.0 Å². The molecule has 0 aromatic heterocycles. The molecule has 0 amide bonds. The molecule has 1 aromatic carbocycles. The number of aliphatic hydroxyl groups excluding tert-OH is 1. The van der Waals surface area contributed by atoms with Crippen molar-refractivity contribution in [1.82, 2.24) is 0 Å². The maximum absolute atomic E-state index is 10.7. The average Bonchev–Trinajstić information content (AvgIpc) is 2.80. The zero-order valence-corrected chi connectivity index (χ0v) is 17.0. The van der Waals surface area contributed by atoms with Crippen LogP contribution in [-0.4, -0.2) is 38.0 Å². The molecule has 0 aliphatic carbocycles. The van der Waals surface area contributed by atoms with Crippen LogP contribution in [0.4, 0.5) is 0 Å². The van der Waals surface area contributed by atoms with Crippen LogP contribution in [0.15, 0.2) is 30.3 Å². The zero-order chi connectivity index (χ0) is 18.2. The van der Waals surface area contributed by atoms with E-state index in [0.717, 1.165) is 5.56 Å². The van der Waals surface area contributed by atoms with Crippen LogP contribution in [0.2, 0.25) is 18.1 Å². The van der Waals surface area contributed by atoms with E-state index in [9.17, 15) is 5.11 Å². The molecule has 2 rings (SSSR count). The Kier molecular flexibility index (Phi) is 5.62. The van der Waals surface area contributed by atoms with E-state index >= 15 is 0 Å². The Morgan fingerprint density at radius 3 is 2.29 bits per heavy atom. The molecule has 3 atom stereocenters. The molecule has 0 bridgehead atoms. The first kappa shape index (κ1) is 19.6. The van der Waals surface area contributed by atoms with Crippen LogP contribution in [0.3, 0.4) is 0 Å². The number of rotatable bonds is 5. The van der Waals surface area contributed by atoms with Crippen LogP contribution in [0, 0.1) is 0 Å². The minimum Gasteiger partial charge on any atom is -0.414 e. The first-order valence-corrected chi connectivity index (χ1v) is 11.6. The Hall–Kier alpha value is -0.723. The van der Waals surface area contributed by atoms with Gasteiger partial charge in [-0.1, -0.05) is 51.1 Å². The molecular formula is C19H32O4Si. The summed E-state index contributed by atoms with van der Waals surface area (Å²) in [5, 5.41) is 10.8. The third-order valence-electron chi connectivity index (χ3n) is 5.06. The maximum atomic E-state index is 10.7. The fraction of sp³-hybridized carbons (Fsp3) is 0.684. The Bertz CT molecular complexity index is 536. The summed E-state index contributed by atoms with van der Waals surface area (Å²) in [5.74, 6) is -0.719. The summed E-state index contributed by atoms with van der Waals surface area (Å²) in [6.07, 6.45) is -1.46. The molecule has 4 nitrogen and oxygen atoms in total. The van der Waals surface area contributed by atoms with E-state index in [-0.39, 0.29) is 17.7 Å². The normalized spacial score (nSPS) is 25.7. The van der Waals surface area contributed by atoms with Gasteiger partial charge in [0.2, 0.25) is 0 Å². The van der Waals surface area contributed by atoms with Crippen molar-refractivity contribution in [2.75, 3.05) is 6.61 Å². The quantitative estimate of drug-likeness (QED) is 0.804. The summed E-state index contributed by atoms with van der Waals surface area (Å²) in [6.45, 7) is 15.0. The standard InChI is InChI=1S/C19H32O4Si/c1-18(2,3)24(6,7)21-13-15(20)17-16(22-19(4,5)23-17)14-11-9-8-10-12-14/h8-12,15-17,20H,13H2,1-7H3/t15-,16+,17+/m1/s1. The Morgan fingerprint density at radius 2 is 1.75 bits per heavy atom. The molecule has 24 heavy (non-hydrogen) atoms. The number of aliphatic hydroxyl groups is 1. The first-order valence-electron chi connectivity index (χ1n) is 8.65. The highest BCUT2D eigenvalue weighted by atomic mass is 28.4. The van der Waals surface area contributed by atoms with Crippen molar-refractivity contribution in [2.45, 2.75) is 76.8 Å². The number of ether oxygens (including phenoxy) is 2. The van der Waals surface area contributed by atoms with Gasteiger partial charge in [0.1, 0.15) is 18.3 Å². The fourth-order valence-corrected chi connectivity index (χ4v) is 3.60. The second kappa shape index (κ2) is 6.88. The monoisotopic (exact) mass is 352 g/mol. The Labute approximate surface area is 147 Å². The minimum absolute atomic E-state index is 0.109. The summed E-state index contributed by atoms with van der Waals surface area (Å²) >= 11 is 0. The molecular weight excluding hydrogens is 320 g/mol. The molecule has 1 aliphatic heterocycles. The molecule has 0 radical (unpaired) electrons. The van der Waals surface area contributed by atoms with Crippen LogP contribution in [0.1, 0.15) is 46.3 Å². The zero-order valence-electron chi connectivity index (χ0n) is 16.0. The van der Waals surface area contributed by atoms with Gasteiger partial charge >= 0.3 is 0 Å². The summed E-state index contributed by atoms with van der Waals surface area (Å²) in [5.41, 5.74) is 1.01. The van der Waals surface area contributed by atoms with Gasteiger partial charge in [-0.15, -0.1) is 0 Å². The lowest BCUT2D eigenvalue weighted by atomic mass is 10.0. The first-order chi connectivity index (χ1) is 10.9. The molecule has 136 valence electrons. The van der Waals surface area contributed by atoms with Gasteiger partial charge in [0, 0.05) is 0 Å². The van der Waals surface area contributed by atoms with Crippen molar-refractivity contribution in [3.05, 3.63) is 35.9 Å². The van der Waals surface area contributed by atoms with Crippen molar-refractivity contribution in [3.63, 3.8) is 0 Å². The van der Waals surface area contributed by atoms with Crippen molar-refractivity contribution in [1.29, 1.82) is 0 Å². The third-order valence-corrected chi connectivity index (χ3v) is 9.56. The summed E-state index contributed by atoms with van der Waals surface area (Å²) in [7, 11) is -1.91. The molecule has 1 N–H and O–H groups in total. The van der Waals surface area contributed by atoms with Gasteiger partial charge in [0.05, 0.1) is 6.61 Å². The second-order valence-corrected chi connectivity index (χ2v) is 13.4. The smallest absolute Gasteiger partial charge is 0.192 e. The Morgan fingerprint density at radius 1 is 1.17 bits per heavy atom. The van der Waals surface area contributed by atoms with Crippen LogP contribution < -0.4 is 0 Å². The van der Waals surface area contributed by atoms with E-state index in [0.29, 0.717) is 0 Å². The SMILES string of the molecule is CC1(C)O[C@@H]([C@H](O)CO[Si](C)(C)C(C)(C)C)[C@H](c2ccccc2)O1. The molecule has 1 heterocycles. The predicted octanol–water partition coefficient (Wildman–Crippen LogP) is 4.26. The van der Waals surface area contributed by atoms with Gasteiger partial charge in [-0.25, -0.2) is 0 Å². The van der Waals surface area contributed by atoms with E-state index in [4.69, 9.17) is 13.9 Å². The number of hydrogen-bond acceptors (Lipinski definition) is 4. The molecule has 1 saturated heterocycles. The lowest BCUT2D eigenvalue weighted by Crippen LogP contribution is -2.45. The van der Waals surface area contributed by atoms with Crippen LogP contribution >= 0.6 is 0 Å². The van der Waals surface area contributed by atoms with Crippen LogP contribution in [-0.2, 0) is 13.9 Å². The van der Waals surface area contributed by atoms with Crippen molar-refractivity contribution >= 4 is 8.32 Å². The van der Waals surface area contributed by atoms with Gasteiger partial charge in [-0.05, 0) is 37.5 Å². The maximum Gasteiger partial charge on any atom is 0.192 e. The molecule has 5 heteroatoms. The Balaban J connectivity index is 2.10. The molecule has 0 spiro atoms. The number of benzene rings is 1. The van der Waals surface area contributed by atoms with E-state index < -0.39 is 26.3 Å². The third kappa shape index (κ3) is 4.46. The minimum atomic E-state index is -1.91. The van der Waals surface area contributed by atoms with Crippen LogP contribution in [0.25, 0.3) is 0 Å². The fourth-order valence-electron chi connectivity index (χ4n) is 2.58. The number of hydrogen-bond donors (Lipinski definition) is 1. The van der Waals surface area contributed by atoms with Crippen LogP contribution in [0.5, 0.6) is 0 Å². The van der Waals surface area contributed by atoms with E-state index in [1.165, 1.54) is 0 Å². The molecule has 1 aliphatic rings. The molecule has 1 aromatic rings. The molecule has 0 saturated carbocycles. The van der Waals surface area contributed by atoms with Crippen molar-refractivity contribution in [3.8, 4) is 0 Å². The van der Waals surface area contributed by atoms with Gasteiger partial charge in [0.25, 0.3) is 0 Å². The lowest BCUT2D eigenvalue weighted by Gasteiger charge is -2.37. The van der Waals surface area contributed by atoms with Crippen molar-refractivity contribution in [2.24, 2.45) is 0 Å². The summed E-state index contributed by atoms with van der Waals surface area (Å²) < 4.78 is 18.2. The second-order valence-electron chi connectivity index (χ2n) is 8.57. The highest BCUT2D eigenvalue weighted by molar-refractivity contribution is 6.74. The molecule has 1 fully saturated rings. The van der Waals surface area contributed by atoms with Gasteiger partial charge in [-0.3, -0.25) is 0 Å². The molecule has 0 unspecified atom stereocenters. The lowest BCUT2D eigenvalue weighted by molar-refractivity contribution is -0.157. The van der Waals surface area contributed by atoms with Crippen molar-refractivity contribution < 1.29 is 19.0 Å². The van der Waals surface area contributed by atoms with E-state index in [1.807, 2.05) is 44.2 Å². The average molecular weight is 353 g/mol. The van der Waals surface area contributed by atoms with Gasteiger partial charge in [-0.2, -0.15) is 0 Å². The highest BCUT2D eigenvalue weighted by Crippen LogP contribution is 2.41. The highest BCUT2D eigenvalue weighted by Gasteiger charge is 2.46. The predicted molar refractivity (Wildman–Crippen MR) is 98.4 cm³/mol. The van der Waals surface area contributed by atoms with E-state index in [1.54, 1.807) is 0 Å². The van der Waals surface area contributed by atoms with E-state index in [2.05, 4.69) is 33.9 Å². The summed E-state index contributed by atoms with van der Waals surface area (Å²) in [4.78, 5) is 0. The summed E-state index contributed by atoms with van der Waals surface area (Å²) in [6, 6.07) is 9.92.